The molecule has 0 aromatic heterocycles. The summed E-state index contributed by atoms with van der Waals surface area (Å²) in [5, 5.41) is 19.7. The van der Waals surface area contributed by atoms with Crippen LogP contribution in [0.2, 0.25) is 0 Å². The fourth-order valence-electron chi connectivity index (χ4n) is 10.5. The van der Waals surface area contributed by atoms with E-state index in [4.69, 9.17) is 0 Å². The van der Waals surface area contributed by atoms with E-state index in [-0.39, 0.29) is 34.1 Å². The summed E-state index contributed by atoms with van der Waals surface area (Å²) in [6.07, 6.45) is 16.5. The summed E-state index contributed by atoms with van der Waals surface area (Å²) in [6.45, 7) is 35.0. The number of hydrogen-bond acceptors (Lipinski definition) is 2. The Kier molecular flexibility index (Phi) is 19.5. The zero-order valence-corrected chi connectivity index (χ0v) is 53.5. The first kappa shape index (κ1) is 59.8. The van der Waals surface area contributed by atoms with Crippen LogP contribution in [0.15, 0.2) is 178 Å². The monoisotopic (exact) mass is 1170 g/mol. The molecule has 0 heterocycles. The maximum Gasteiger partial charge on any atom is -0.147 e. The fraction of sp³-hybridized carbons (Fsp3) is 0.329. The normalized spacial score (nSPS) is 15.8. The van der Waals surface area contributed by atoms with Crippen LogP contribution in [0.5, 0.6) is 11.5 Å². The van der Waals surface area contributed by atoms with Crippen molar-refractivity contribution in [1.29, 1.82) is 0 Å². The summed E-state index contributed by atoms with van der Waals surface area (Å²) < 4.78 is 5.37. The Bertz CT molecular complexity index is 3010. The summed E-state index contributed by atoms with van der Waals surface area (Å²) in [6, 6.07) is 47.7. The largest absolute Gasteiger partial charge is 0.147 e. The number of phenols is 2. The molecule has 0 bridgehead atoms. The summed E-state index contributed by atoms with van der Waals surface area (Å²) in [7, 11) is 0. The van der Waals surface area contributed by atoms with Gasteiger partial charge in [-0.25, -0.2) is 0 Å². The molecule has 2 nitrogen and oxygen atoms in total. The van der Waals surface area contributed by atoms with Crippen molar-refractivity contribution in [3.63, 3.8) is 0 Å². The molecule has 0 saturated carbocycles. The van der Waals surface area contributed by atoms with Gasteiger partial charge in [-0.1, -0.05) is 107 Å². The van der Waals surface area contributed by atoms with Crippen LogP contribution >= 0.6 is 12.4 Å². The molecule has 2 atom stereocenters. The van der Waals surface area contributed by atoms with Crippen LogP contribution in [0.3, 0.4) is 0 Å². The molecule has 0 aliphatic heterocycles. The molecule has 2 N–H and O–H groups in total. The van der Waals surface area contributed by atoms with Gasteiger partial charge in [0.2, 0.25) is 0 Å². The Morgan fingerprint density at radius 1 is 0.467 bits per heavy atom. The molecule has 0 saturated heterocycles. The molecular formula is C70H83ClO2Zr2. The van der Waals surface area contributed by atoms with Crippen molar-refractivity contribution in [3.05, 3.63) is 234 Å². The van der Waals surface area contributed by atoms with E-state index in [9.17, 15) is 10.2 Å². The minimum Gasteiger partial charge on any atom is -0.147 e. The molecule has 6 aromatic carbocycles. The Morgan fingerprint density at radius 3 is 1.23 bits per heavy atom. The first-order valence-corrected chi connectivity index (χ1v) is 33.4. The van der Waals surface area contributed by atoms with E-state index >= 15 is 0 Å². The van der Waals surface area contributed by atoms with Crippen molar-refractivity contribution in [2.24, 2.45) is 0 Å². The average molecular weight is 1170 g/mol. The molecule has 0 radical (unpaired) electrons. The third-order valence-electron chi connectivity index (χ3n) is 14.7. The molecule has 4 aliphatic carbocycles. The molecule has 390 valence electrons. The van der Waals surface area contributed by atoms with E-state index in [1.54, 1.807) is 40.9 Å². The average Bonchev–Trinajstić information content (AvgIpc) is 4.15. The van der Waals surface area contributed by atoms with Crippen LogP contribution in [-0.4, -0.2) is 13.4 Å². The molecular weight excluding hydrogens is 1090 g/mol. The van der Waals surface area contributed by atoms with E-state index in [0.29, 0.717) is 22.4 Å². The van der Waals surface area contributed by atoms with Crippen molar-refractivity contribution in [2.75, 3.05) is 0 Å². The topological polar surface area (TPSA) is 40.5 Å². The molecule has 0 amide bonds. The predicted molar refractivity (Wildman–Crippen MR) is 320 cm³/mol. The molecule has 5 heteroatoms. The van der Waals surface area contributed by atoms with Gasteiger partial charge in [0.15, 0.2) is 0 Å². The molecule has 0 fully saturated rings. The van der Waals surface area contributed by atoms with Gasteiger partial charge in [0.05, 0.1) is 0 Å². The van der Waals surface area contributed by atoms with Crippen molar-refractivity contribution < 1.29 is 54.7 Å². The molecule has 10 rings (SSSR count). The van der Waals surface area contributed by atoms with Crippen LogP contribution in [0.1, 0.15) is 177 Å². The van der Waals surface area contributed by atoms with Crippen LogP contribution < -0.4 is 0 Å². The minimum atomic E-state index is -1.84. The number of benzene rings is 6. The molecule has 2 unspecified atom stereocenters. The number of rotatable bonds is 4. The molecule has 75 heavy (non-hydrogen) atoms. The number of allylic oxidation sites excluding steroid dienone is 8. The number of hydrogen-bond donors (Lipinski definition) is 2. The van der Waals surface area contributed by atoms with Gasteiger partial charge in [-0.2, -0.15) is 0 Å². The zero-order valence-electron chi connectivity index (χ0n) is 47.8. The van der Waals surface area contributed by atoms with Gasteiger partial charge in [-0.3, -0.25) is 0 Å². The van der Waals surface area contributed by atoms with Crippen LogP contribution in [-0.2, 0) is 66.2 Å². The van der Waals surface area contributed by atoms with E-state index < -0.39 is 44.5 Å². The summed E-state index contributed by atoms with van der Waals surface area (Å²) in [4.78, 5) is 0. The van der Waals surface area contributed by atoms with Gasteiger partial charge < -0.3 is 10.2 Å². The SMILES string of the molecule is CC(C)(C)c1ccc(O)c(C(C)(C)C)c1.CC(C)(C)c1ccc(O)c(C(C)(C)C)c1.CC(C)=C1C=CC=[C]1[Zr][CH]1c2ccccc2-c2ccccc21.C[C](C)=[Zr]([CH]1C=Cc2ccccc21)[CH]1C=Cc2ccccc21.Cl. The van der Waals surface area contributed by atoms with Gasteiger partial charge in [-0.15, -0.1) is 12.4 Å². The van der Waals surface area contributed by atoms with Gasteiger partial charge in [-0.05, 0) is 56.0 Å². The van der Waals surface area contributed by atoms with Gasteiger partial charge >= 0.3 is 285 Å². The third-order valence-corrected chi connectivity index (χ3v) is 27.4. The maximum atomic E-state index is 9.84. The van der Waals surface area contributed by atoms with Crippen LogP contribution in [0, 0.1) is 0 Å². The van der Waals surface area contributed by atoms with E-state index in [1.165, 1.54) is 44.5 Å². The Balaban J connectivity index is 0.000000165. The minimum absolute atomic E-state index is 0. The standard InChI is InChI=1S/2C14H22O.C13H9.2C9H7.C8H9.C3H6.ClH.2Zr/c2*1-13(2,3)10-7-8-12(15)11(9-10)14(4,5)6;1-3-7-12-10(5-1)9-11-6-2-4-8-13(11)12;2*1-2-5-9-7-3-6-8(9)4-1;1-7(2)8-5-3-4-6-8;1-3-2;;;/h2*7-9,15H,1-6H3;1-9H;2*1-7H;3-5H,1-2H3;1-2H3;1H;;. The second kappa shape index (κ2) is 24.5. The predicted octanol–water partition coefficient (Wildman–Crippen LogP) is 19.4. The van der Waals surface area contributed by atoms with Gasteiger partial charge in [0, 0.05) is 0 Å². The van der Waals surface area contributed by atoms with Crippen molar-refractivity contribution in [1.82, 2.24) is 0 Å². The fourth-order valence-corrected chi connectivity index (χ4v) is 23.4. The number of phenolic OH excluding ortho intramolecular Hbond substituents is 2. The molecule has 0 spiro atoms. The van der Waals surface area contributed by atoms with Gasteiger partial charge in [0.1, 0.15) is 11.5 Å². The molecule has 4 aliphatic rings. The maximum absolute atomic E-state index is 9.84. The number of halogens is 1. The smallest absolute Gasteiger partial charge is 0.147 e. The van der Waals surface area contributed by atoms with Crippen LogP contribution in [0.25, 0.3) is 23.3 Å². The van der Waals surface area contributed by atoms with Crippen LogP contribution in [0.4, 0.5) is 0 Å². The summed E-state index contributed by atoms with van der Waals surface area (Å²) in [5.41, 5.74) is 19.8. The quantitative estimate of drug-likeness (QED) is 0.185. The molecule has 6 aromatic rings. The first-order chi connectivity index (χ1) is 34.8. The summed E-state index contributed by atoms with van der Waals surface area (Å²) in [5.74, 6) is 0.797. The second-order valence-corrected chi connectivity index (χ2v) is 36.2. The van der Waals surface area contributed by atoms with Gasteiger partial charge in [0.25, 0.3) is 0 Å². The van der Waals surface area contributed by atoms with Crippen molar-refractivity contribution in [2.45, 2.75) is 143 Å². The first-order valence-electron chi connectivity index (χ1n) is 26.7. The Labute approximate surface area is 478 Å². The number of fused-ring (bicyclic) bond motifs is 5. The Morgan fingerprint density at radius 2 is 0.853 bits per heavy atom. The zero-order chi connectivity index (χ0) is 53.9. The Hall–Kier alpha value is -4.45. The van der Waals surface area contributed by atoms with Crippen molar-refractivity contribution >= 4 is 27.8 Å². The summed E-state index contributed by atoms with van der Waals surface area (Å²) >= 11 is -2.57. The van der Waals surface area contributed by atoms with Crippen molar-refractivity contribution in [3.8, 4) is 22.6 Å². The number of aromatic hydroxyl groups is 2. The third kappa shape index (κ3) is 14.2. The van der Waals surface area contributed by atoms with E-state index in [2.05, 4.69) is 263 Å². The van der Waals surface area contributed by atoms with E-state index in [1.807, 2.05) is 12.1 Å². The second-order valence-electron chi connectivity index (χ2n) is 25.0. The van der Waals surface area contributed by atoms with E-state index in [0.717, 1.165) is 11.1 Å².